The number of aryl methyl sites for hydroxylation is 1. The highest BCUT2D eigenvalue weighted by Crippen LogP contribution is 2.37. The predicted molar refractivity (Wildman–Crippen MR) is 123 cm³/mol. The molecule has 3 atom stereocenters. The Bertz CT molecular complexity index is 1060. The summed E-state index contributed by atoms with van der Waals surface area (Å²) in [6.07, 6.45) is 6.00. The lowest BCUT2D eigenvalue weighted by atomic mass is 9.86. The normalized spacial score (nSPS) is 23.0. The Kier molecular flexibility index (Phi) is 5.21. The van der Waals surface area contributed by atoms with Crippen LogP contribution in [0.1, 0.15) is 58.1 Å². The van der Waals surface area contributed by atoms with E-state index in [0.29, 0.717) is 35.1 Å². The lowest BCUT2D eigenvalue weighted by Gasteiger charge is -2.29. The molecule has 4 heterocycles. The number of hydrogen-bond acceptors (Lipinski definition) is 5. The van der Waals surface area contributed by atoms with E-state index in [0.717, 1.165) is 22.3 Å². The van der Waals surface area contributed by atoms with Gasteiger partial charge in [0.2, 0.25) is 0 Å². The average Bonchev–Trinajstić information content (AvgIpc) is 3.26. The predicted octanol–water partition coefficient (Wildman–Crippen LogP) is 4.16. The van der Waals surface area contributed by atoms with Crippen LogP contribution in [0.15, 0.2) is 36.4 Å². The molecule has 1 amide bonds. The Labute approximate surface area is 181 Å². The first-order valence-electron chi connectivity index (χ1n) is 10.9. The molecule has 5 nitrogen and oxygen atoms in total. The topological polar surface area (TPSA) is 80.0 Å². The first-order chi connectivity index (χ1) is 14.6. The van der Waals surface area contributed by atoms with Crippen molar-refractivity contribution in [2.24, 2.45) is 0 Å². The molecular weight excluding hydrogens is 392 g/mol. The number of carbonyl (C=O) groups is 1. The van der Waals surface area contributed by atoms with Gasteiger partial charge in [-0.2, -0.15) is 0 Å². The van der Waals surface area contributed by atoms with Crippen molar-refractivity contribution in [3.05, 3.63) is 58.1 Å². The lowest BCUT2D eigenvalue weighted by Crippen LogP contribution is -2.37. The van der Waals surface area contributed by atoms with Crippen LogP contribution in [0.5, 0.6) is 0 Å². The summed E-state index contributed by atoms with van der Waals surface area (Å²) in [5, 5.41) is 7.59. The second kappa shape index (κ2) is 8.00. The number of carbonyl (C=O) groups excluding carboxylic acids is 1. The molecule has 156 valence electrons. The molecule has 2 bridgehead atoms. The van der Waals surface area contributed by atoms with Crippen molar-refractivity contribution in [2.75, 3.05) is 12.3 Å². The molecular formula is C24H28N4OS. The second-order valence-corrected chi connectivity index (χ2v) is 9.70. The summed E-state index contributed by atoms with van der Waals surface area (Å²) >= 11 is 1.36. The van der Waals surface area contributed by atoms with Gasteiger partial charge in [-0.25, -0.2) is 4.98 Å². The van der Waals surface area contributed by atoms with Gasteiger partial charge in [0, 0.05) is 29.7 Å². The third-order valence-corrected chi connectivity index (χ3v) is 7.68. The third kappa shape index (κ3) is 3.82. The van der Waals surface area contributed by atoms with Crippen LogP contribution in [0.4, 0.5) is 5.69 Å². The number of pyridine rings is 1. The molecule has 0 unspecified atom stereocenters. The number of nitrogens with zero attached hydrogens (tertiary/aromatic N) is 1. The first kappa shape index (κ1) is 19.5. The van der Waals surface area contributed by atoms with Crippen LogP contribution in [0, 0.1) is 6.92 Å². The number of anilines is 1. The van der Waals surface area contributed by atoms with E-state index in [2.05, 4.69) is 39.9 Å². The summed E-state index contributed by atoms with van der Waals surface area (Å²) in [6.45, 7) is 2.53. The minimum Gasteiger partial charge on any atom is -0.397 e. The van der Waals surface area contributed by atoms with Crippen LogP contribution in [0.3, 0.4) is 0 Å². The number of thiophene rings is 1. The summed E-state index contributed by atoms with van der Waals surface area (Å²) < 4.78 is 0. The molecule has 0 aliphatic carbocycles. The Balaban J connectivity index is 1.18. The Morgan fingerprint density at radius 2 is 1.90 bits per heavy atom. The minimum absolute atomic E-state index is 0.116. The number of fused-ring (bicyclic) bond motifs is 3. The van der Waals surface area contributed by atoms with Gasteiger partial charge in [-0.15, -0.1) is 11.3 Å². The van der Waals surface area contributed by atoms with E-state index in [4.69, 9.17) is 5.73 Å². The van der Waals surface area contributed by atoms with Crippen LogP contribution in [-0.4, -0.2) is 29.5 Å². The maximum absolute atomic E-state index is 12.6. The molecule has 2 aromatic heterocycles. The van der Waals surface area contributed by atoms with E-state index in [1.807, 2.05) is 19.1 Å². The summed E-state index contributed by atoms with van der Waals surface area (Å²) in [5.74, 6) is 0.570. The van der Waals surface area contributed by atoms with Crippen molar-refractivity contribution in [1.82, 2.24) is 15.6 Å². The zero-order valence-corrected chi connectivity index (χ0v) is 18.1. The number of amides is 1. The molecule has 1 aromatic carbocycles. The van der Waals surface area contributed by atoms with Crippen LogP contribution < -0.4 is 16.4 Å². The SMILES string of the molecule is Cc1ccc2c(N)c(C(=O)NCCc3ccc([C@@H]4C[C@H]5CC[C@@H](C4)N5)cc3)sc2n1. The molecule has 2 aliphatic heterocycles. The van der Waals surface area contributed by atoms with Crippen LogP contribution in [0.2, 0.25) is 0 Å². The number of rotatable bonds is 5. The molecule has 0 saturated carbocycles. The van der Waals surface area contributed by atoms with Gasteiger partial charge in [0.25, 0.3) is 5.91 Å². The number of benzene rings is 1. The van der Waals surface area contributed by atoms with Crippen LogP contribution >= 0.6 is 11.3 Å². The Hall–Kier alpha value is -2.44. The number of hydrogen-bond donors (Lipinski definition) is 3. The van der Waals surface area contributed by atoms with Gasteiger partial charge in [-0.3, -0.25) is 4.79 Å². The Morgan fingerprint density at radius 3 is 2.63 bits per heavy atom. The molecule has 3 aromatic rings. The van der Waals surface area contributed by atoms with Crippen molar-refractivity contribution in [2.45, 2.75) is 57.0 Å². The monoisotopic (exact) mass is 420 g/mol. The summed E-state index contributed by atoms with van der Waals surface area (Å²) in [7, 11) is 0. The largest absolute Gasteiger partial charge is 0.397 e. The molecule has 0 spiro atoms. The van der Waals surface area contributed by atoms with E-state index < -0.39 is 0 Å². The number of nitrogen functional groups attached to an aromatic ring is 1. The molecule has 5 rings (SSSR count). The number of aromatic nitrogens is 1. The summed E-state index contributed by atoms with van der Waals surface area (Å²) in [6, 6.07) is 14.3. The van der Waals surface area contributed by atoms with Crippen molar-refractivity contribution >= 4 is 33.1 Å². The first-order valence-corrected chi connectivity index (χ1v) is 11.7. The Morgan fingerprint density at radius 1 is 1.17 bits per heavy atom. The van der Waals surface area contributed by atoms with E-state index in [9.17, 15) is 4.79 Å². The molecule has 2 saturated heterocycles. The standard InChI is InChI=1S/C24H28N4OS/c1-14-2-9-20-21(25)22(30-24(20)27-14)23(29)26-11-10-15-3-5-16(6-4-15)17-12-18-7-8-19(13-17)28-18/h2-6,9,17-19,28H,7-8,10-13,25H2,1H3,(H,26,29)/t17-,18-,19+. The highest BCUT2D eigenvalue weighted by molar-refractivity contribution is 7.21. The van der Waals surface area contributed by atoms with E-state index >= 15 is 0 Å². The van der Waals surface area contributed by atoms with E-state index in [1.54, 1.807) is 0 Å². The lowest BCUT2D eigenvalue weighted by molar-refractivity contribution is 0.0959. The van der Waals surface area contributed by atoms with Crippen molar-refractivity contribution in [3.8, 4) is 0 Å². The van der Waals surface area contributed by atoms with Gasteiger partial charge in [-0.1, -0.05) is 24.3 Å². The van der Waals surface area contributed by atoms with Crippen LogP contribution in [0.25, 0.3) is 10.2 Å². The van der Waals surface area contributed by atoms with Gasteiger partial charge in [0.05, 0.1) is 5.69 Å². The summed E-state index contributed by atoms with van der Waals surface area (Å²) in [4.78, 5) is 18.5. The zero-order chi connectivity index (χ0) is 20.7. The van der Waals surface area contributed by atoms with Crippen molar-refractivity contribution < 1.29 is 4.79 Å². The van der Waals surface area contributed by atoms with Gasteiger partial charge >= 0.3 is 0 Å². The van der Waals surface area contributed by atoms with Gasteiger partial charge in [-0.05, 0) is 68.2 Å². The average molecular weight is 421 g/mol. The van der Waals surface area contributed by atoms with Crippen molar-refractivity contribution in [1.29, 1.82) is 0 Å². The maximum Gasteiger partial charge on any atom is 0.263 e. The molecule has 0 radical (unpaired) electrons. The summed E-state index contributed by atoms with van der Waals surface area (Å²) in [5.41, 5.74) is 10.4. The molecule has 4 N–H and O–H groups in total. The molecule has 6 heteroatoms. The van der Waals surface area contributed by atoms with E-state index in [-0.39, 0.29) is 5.91 Å². The highest BCUT2D eigenvalue weighted by atomic mass is 32.1. The molecule has 2 aliphatic rings. The third-order valence-electron chi connectivity index (χ3n) is 6.56. The maximum atomic E-state index is 12.6. The number of piperidine rings is 1. The molecule has 2 fully saturated rings. The zero-order valence-electron chi connectivity index (χ0n) is 17.3. The minimum atomic E-state index is -0.116. The van der Waals surface area contributed by atoms with Gasteiger partial charge < -0.3 is 16.4 Å². The molecule has 30 heavy (non-hydrogen) atoms. The second-order valence-electron chi connectivity index (χ2n) is 8.70. The van der Waals surface area contributed by atoms with Gasteiger partial charge in [0.15, 0.2) is 0 Å². The van der Waals surface area contributed by atoms with Crippen molar-refractivity contribution in [3.63, 3.8) is 0 Å². The quantitative estimate of drug-likeness (QED) is 0.579. The number of nitrogens with two attached hydrogens (primary N) is 1. The smallest absolute Gasteiger partial charge is 0.263 e. The highest BCUT2D eigenvalue weighted by Gasteiger charge is 2.33. The van der Waals surface area contributed by atoms with Crippen LogP contribution in [-0.2, 0) is 6.42 Å². The fraction of sp³-hybridized carbons (Fsp3) is 0.417. The fourth-order valence-electron chi connectivity index (χ4n) is 4.94. The van der Waals surface area contributed by atoms with Gasteiger partial charge in [0.1, 0.15) is 9.71 Å². The number of nitrogens with one attached hydrogen (secondary N) is 2. The fourth-order valence-corrected chi connectivity index (χ4v) is 6.00. The van der Waals surface area contributed by atoms with E-state index in [1.165, 1.54) is 48.1 Å².